The van der Waals surface area contributed by atoms with E-state index in [0.29, 0.717) is 36.2 Å². The molecule has 1 amide bonds. The summed E-state index contributed by atoms with van der Waals surface area (Å²) < 4.78 is 5.26. The number of hydrogen-bond donors (Lipinski definition) is 4. The molecule has 30 heavy (non-hydrogen) atoms. The van der Waals surface area contributed by atoms with Crippen molar-refractivity contribution >= 4 is 23.3 Å². The van der Waals surface area contributed by atoms with E-state index in [-0.39, 0.29) is 16.9 Å². The number of unbranched alkanes of at least 4 members (excludes halogenated alkanes) is 2. The SMILES string of the molecule is CCCCNc1nc(Cl)[nH]c1C(=O)NCCCCc1nc(-c2ccc(O)cc2)no1. The number of nitrogens with one attached hydrogen (secondary N) is 3. The molecule has 2 heterocycles. The summed E-state index contributed by atoms with van der Waals surface area (Å²) in [4.78, 5) is 23.7. The number of hydrogen-bond acceptors (Lipinski definition) is 7. The first-order chi connectivity index (χ1) is 14.6. The lowest BCUT2D eigenvalue weighted by molar-refractivity contribution is 0.0949. The number of anilines is 1. The molecular weight excluding hydrogens is 408 g/mol. The molecule has 0 atom stereocenters. The predicted octanol–water partition coefficient (Wildman–Crippen LogP) is 3.78. The smallest absolute Gasteiger partial charge is 0.271 e. The minimum absolute atomic E-state index is 0.181. The van der Waals surface area contributed by atoms with E-state index in [1.807, 2.05) is 0 Å². The molecule has 160 valence electrons. The van der Waals surface area contributed by atoms with Gasteiger partial charge in [-0.15, -0.1) is 0 Å². The number of amides is 1. The highest BCUT2D eigenvalue weighted by Gasteiger charge is 2.16. The van der Waals surface area contributed by atoms with E-state index >= 15 is 0 Å². The minimum atomic E-state index is -0.249. The molecule has 0 aliphatic carbocycles. The number of rotatable bonds is 11. The Balaban J connectivity index is 1.41. The molecule has 0 fully saturated rings. The Hall–Kier alpha value is -3.07. The third-order valence-electron chi connectivity index (χ3n) is 4.42. The van der Waals surface area contributed by atoms with Crippen LogP contribution in [0.4, 0.5) is 5.82 Å². The van der Waals surface area contributed by atoms with Gasteiger partial charge in [-0.3, -0.25) is 4.79 Å². The highest BCUT2D eigenvalue weighted by atomic mass is 35.5. The van der Waals surface area contributed by atoms with Crippen molar-refractivity contribution < 1.29 is 14.4 Å². The number of H-pyrrole nitrogens is 1. The number of aromatic hydroxyl groups is 1. The van der Waals surface area contributed by atoms with E-state index in [9.17, 15) is 9.90 Å². The van der Waals surface area contributed by atoms with E-state index in [1.165, 1.54) is 0 Å². The Morgan fingerprint density at radius 1 is 1.17 bits per heavy atom. The molecule has 0 aliphatic rings. The summed E-state index contributed by atoms with van der Waals surface area (Å²) in [6.45, 7) is 3.33. The second-order valence-corrected chi connectivity index (χ2v) is 7.16. The number of nitrogens with zero attached hydrogens (tertiary/aromatic N) is 3. The fourth-order valence-electron chi connectivity index (χ4n) is 2.80. The van der Waals surface area contributed by atoms with E-state index in [0.717, 1.165) is 37.8 Å². The zero-order valence-electron chi connectivity index (χ0n) is 16.7. The molecule has 3 rings (SSSR count). The maximum Gasteiger partial charge on any atom is 0.271 e. The standard InChI is InChI=1S/C20H25ClN6O3/c1-2-3-11-22-18-16(25-20(21)26-18)19(29)23-12-5-4-6-15-24-17(27-30-15)13-7-9-14(28)10-8-13/h7-10,22,28H,2-6,11-12H2,1H3,(H,23,29)(H,25,26). The molecule has 0 unspecified atom stereocenters. The number of phenols is 1. The topological polar surface area (TPSA) is 129 Å². The van der Waals surface area contributed by atoms with Crippen molar-refractivity contribution in [3.63, 3.8) is 0 Å². The number of halogens is 1. The van der Waals surface area contributed by atoms with Crippen molar-refractivity contribution in [2.24, 2.45) is 0 Å². The maximum absolute atomic E-state index is 12.4. The lowest BCUT2D eigenvalue weighted by atomic mass is 10.2. The zero-order chi connectivity index (χ0) is 21.3. The summed E-state index contributed by atoms with van der Waals surface area (Å²) in [7, 11) is 0. The van der Waals surface area contributed by atoms with Gasteiger partial charge >= 0.3 is 0 Å². The Labute approximate surface area is 179 Å². The normalized spacial score (nSPS) is 10.9. The summed E-state index contributed by atoms with van der Waals surface area (Å²) in [5.74, 6) is 1.43. The van der Waals surface area contributed by atoms with Crippen molar-refractivity contribution in [3.8, 4) is 17.1 Å². The lowest BCUT2D eigenvalue weighted by Crippen LogP contribution is -2.26. The van der Waals surface area contributed by atoms with Crippen LogP contribution in [0.15, 0.2) is 28.8 Å². The van der Waals surface area contributed by atoms with E-state index in [4.69, 9.17) is 16.1 Å². The van der Waals surface area contributed by atoms with Crippen molar-refractivity contribution in [1.29, 1.82) is 0 Å². The molecule has 10 heteroatoms. The summed E-state index contributed by atoms with van der Waals surface area (Å²) in [5, 5.41) is 19.5. The van der Waals surface area contributed by atoms with Gasteiger partial charge in [0.2, 0.25) is 17.0 Å². The first-order valence-corrected chi connectivity index (χ1v) is 10.3. The lowest BCUT2D eigenvalue weighted by Gasteiger charge is -2.06. The molecule has 0 saturated carbocycles. The van der Waals surface area contributed by atoms with Crippen LogP contribution in [0.1, 0.15) is 49.0 Å². The number of aromatic nitrogens is 4. The van der Waals surface area contributed by atoms with Gasteiger partial charge in [-0.25, -0.2) is 4.98 Å². The molecule has 0 radical (unpaired) electrons. The van der Waals surface area contributed by atoms with E-state index < -0.39 is 0 Å². The Kier molecular flexibility index (Phi) is 7.67. The molecular formula is C20H25ClN6O3. The average molecular weight is 433 g/mol. The first kappa shape index (κ1) is 21.6. The molecule has 0 aliphatic heterocycles. The van der Waals surface area contributed by atoms with Gasteiger partial charge in [0.15, 0.2) is 5.82 Å². The number of carbonyl (C=O) groups is 1. The van der Waals surface area contributed by atoms with Crippen molar-refractivity contribution in [2.75, 3.05) is 18.4 Å². The zero-order valence-corrected chi connectivity index (χ0v) is 17.5. The Bertz CT molecular complexity index is 954. The van der Waals surface area contributed by atoms with Crippen LogP contribution in [0.3, 0.4) is 0 Å². The first-order valence-electron chi connectivity index (χ1n) is 9.96. The van der Waals surface area contributed by atoms with Crippen molar-refractivity contribution in [2.45, 2.75) is 39.0 Å². The summed E-state index contributed by atoms with van der Waals surface area (Å²) in [6.07, 6.45) is 4.17. The summed E-state index contributed by atoms with van der Waals surface area (Å²) in [5.41, 5.74) is 1.11. The van der Waals surface area contributed by atoms with Crippen molar-refractivity contribution in [1.82, 2.24) is 25.4 Å². The van der Waals surface area contributed by atoms with Gasteiger partial charge in [0, 0.05) is 25.1 Å². The number of aryl methyl sites for hydroxylation is 1. The van der Waals surface area contributed by atoms with E-state index in [2.05, 4.69) is 37.7 Å². The molecule has 4 N–H and O–H groups in total. The highest BCUT2D eigenvalue weighted by molar-refractivity contribution is 6.28. The monoisotopic (exact) mass is 432 g/mol. The quantitative estimate of drug-likeness (QED) is 0.339. The number of carbonyl (C=O) groups excluding carboxylic acids is 1. The van der Waals surface area contributed by atoms with Gasteiger partial charge in [0.05, 0.1) is 0 Å². The predicted molar refractivity (Wildman–Crippen MR) is 114 cm³/mol. The van der Waals surface area contributed by atoms with E-state index in [1.54, 1.807) is 24.3 Å². The number of imidazole rings is 1. The van der Waals surface area contributed by atoms with Crippen LogP contribution < -0.4 is 10.6 Å². The summed E-state index contributed by atoms with van der Waals surface area (Å²) >= 11 is 5.91. The molecule has 0 bridgehead atoms. The molecule has 1 aromatic carbocycles. The maximum atomic E-state index is 12.4. The highest BCUT2D eigenvalue weighted by Crippen LogP contribution is 2.19. The average Bonchev–Trinajstić information content (AvgIpc) is 3.35. The molecule has 0 saturated heterocycles. The van der Waals surface area contributed by atoms with Crippen LogP contribution in [0.5, 0.6) is 5.75 Å². The van der Waals surface area contributed by atoms with Crippen LogP contribution >= 0.6 is 11.6 Å². The van der Waals surface area contributed by atoms with Crippen LogP contribution in [-0.4, -0.2) is 44.2 Å². The number of benzene rings is 1. The van der Waals surface area contributed by atoms with Gasteiger partial charge < -0.3 is 25.2 Å². The van der Waals surface area contributed by atoms with Crippen molar-refractivity contribution in [3.05, 3.63) is 41.1 Å². The van der Waals surface area contributed by atoms with Crippen LogP contribution in [0, 0.1) is 0 Å². The van der Waals surface area contributed by atoms with Crippen LogP contribution in [-0.2, 0) is 6.42 Å². The molecule has 0 spiro atoms. The molecule has 3 aromatic rings. The second kappa shape index (κ2) is 10.6. The fraction of sp³-hybridized carbons (Fsp3) is 0.400. The summed E-state index contributed by atoms with van der Waals surface area (Å²) in [6, 6.07) is 6.61. The van der Waals surface area contributed by atoms with Gasteiger partial charge in [-0.1, -0.05) is 18.5 Å². The van der Waals surface area contributed by atoms with Crippen LogP contribution in [0.25, 0.3) is 11.4 Å². The third-order valence-corrected chi connectivity index (χ3v) is 4.60. The second-order valence-electron chi connectivity index (χ2n) is 6.80. The molecule has 2 aromatic heterocycles. The van der Waals surface area contributed by atoms with Gasteiger partial charge in [0.1, 0.15) is 11.4 Å². The van der Waals surface area contributed by atoms with Gasteiger partial charge in [-0.05, 0) is 55.1 Å². The minimum Gasteiger partial charge on any atom is -0.508 e. The van der Waals surface area contributed by atoms with Gasteiger partial charge in [-0.2, -0.15) is 4.98 Å². The Morgan fingerprint density at radius 2 is 1.97 bits per heavy atom. The third kappa shape index (κ3) is 5.96. The fourth-order valence-corrected chi connectivity index (χ4v) is 2.97. The number of phenolic OH excluding ortho intramolecular Hbond substituents is 1. The molecule has 9 nitrogen and oxygen atoms in total. The largest absolute Gasteiger partial charge is 0.508 e. The number of aromatic amines is 1. The Morgan fingerprint density at radius 3 is 2.73 bits per heavy atom. The van der Waals surface area contributed by atoms with Crippen LogP contribution in [0.2, 0.25) is 5.28 Å². The van der Waals surface area contributed by atoms with Gasteiger partial charge in [0.25, 0.3) is 5.91 Å².